The van der Waals surface area contributed by atoms with Crippen LogP contribution < -0.4 is 19.9 Å². The molecular weight excluding hydrogens is 396 g/mol. The van der Waals surface area contributed by atoms with Crippen LogP contribution in [0, 0.1) is 10.6 Å². The first-order valence-electron chi connectivity index (χ1n) is 10.5. The number of pyridine rings is 1. The standard InChI is InChI=1S/C24H24N2O5/c1-27-20-7-14-11-25-23-17(15(14)9-21(20)28-2)8-16-18(23)10-22-24(31-13-30-22)19(16)12-26-3-5-29-6-4-26/h7-8,10-11H,3-6,9,12-13H2,1-2H3. The van der Waals surface area contributed by atoms with Crippen molar-refractivity contribution >= 4 is 12.2 Å². The second-order valence-electron chi connectivity index (χ2n) is 8.05. The molecule has 0 radical (unpaired) electrons. The van der Waals surface area contributed by atoms with E-state index in [-0.39, 0.29) is 6.79 Å². The van der Waals surface area contributed by atoms with E-state index in [0.29, 0.717) is 6.42 Å². The van der Waals surface area contributed by atoms with Crippen molar-refractivity contribution in [3.8, 4) is 11.5 Å². The summed E-state index contributed by atoms with van der Waals surface area (Å²) in [6.07, 6.45) is 6.86. The van der Waals surface area contributed by atoms with E-state index in [4.69, 9.17) is 28.7 Å². The van der Waals surface area contributed by atoms with E-state index < -0.39 is 0 Å². The molecule has 0 amide bonds. The molecule has 2 aliphatic heterocycles. The number of hydrogen-bond acceptors (Lipinski definition) is 7. The minimum atomic E-state index is 0.259. The van der Waals surface area contributed by atoms with Gasteiger partial charge in [-0.15, -0.1) is 0 Å². The Morgan fingerprint density at radius 2 is 1.97 bits per heavy atom. The first kappa shape index (κ1) is 18.7. The number of nitrogens with zero attached hydrogens (tertiary/aromatic N) is 2. The van der Waals surface area contributed by atoms with Crippen molar-refractivity contribution in [3.63, 3.8) is 0 Å². The summed E-state index contributed by atoms with van der Waals surface area (Å²) in [4.78, 5) is 7.24. The van der Waals surface area contributed by atoms with Gasteiger partial charge >= 0.3 is 0 Å². The molecule has 7 heteroatoms. The molecule has 3 heterocycles. The normalized spacial score (nSPS) is 18.6. The molecule has 0 atom stereocenters. The van der Waals surface area contributed by atoms with Crippen LogP contribution in [0.4, 0.5) is 0 Å². The Morgan fingerprint density at radius 1 is 1.10 bits per heavy atom. The number of methoxy groups -OCH3 is 2. The van der Waals surface area contributed by atoms with Gasteiger partial charge in [0.1, 0.15) is 5.76 Å². The van der Waals surface area contributed by atoms with Crippen LogP contribution in [0.5, 0.6) is 11.5 Å². The lowest BCUT2D eigenvalue weighted by atomic mass is 9.98. The largest absolute Gasteiger partial charge is 0.497 e. The third-order valence-corrected chi connectivity index (χ3v) is 6.46. The highest BCUT2D eigenvalue weighted by atomic mass is 16.7. The number of fused-ring (bicyclic) bond motifs is 5. The van der Waals surface area contributed by atoms with Gasteiger partial charge in [0, 0.05) is 53.8 Å². The number of allylic oxidation sites excluding steroid dienone is 2. The summed E-state index contributed by atoms with van der Waals surface area (Å²) in [5.41, 5.74) is 3.51. The van der Waals surface area contributed by atoms with Crippen molar-refractivity contribution in [1.29, 1.82) is 0 Å². The lowest BCUT2D eigenvalue weighted by Crippen LogP contribution is -2.37. The summed E-state index contributed by atoms with van der Waals surface area (Å²) in [7, 11) is 3.35. The Balaban J connectivity index is 1.56. The smallest absolute Gasteiger partial charge is 0.231 e. The predicted molar refractivity (Wildman–Crippen MR) is 113 cm³/mol. The van der Waals surface area contributed by atoms with Crippen LogP contribution in [0.25, 0.3) is 12.2 Å². The molecule has 0 unspecified atom stereocenters. The number of morpholine rings is 1. The fraction of sp³-hybridized carbons (Fsp3) is 0.375. The molecule has 0 spiro atoms. The van der Waals surface area contributed by atoms with Crippen LogP contribution >= 0.6 is 0 Å². The van der Waals surface area contributed by atoms with E-state index in [9.17, 15) is 0 Å². The van der Waals surface area contributed by atoms with Crippen LogP contribution in [-0.4, -0.2) is 57.2 Å². The number of rotatable bonds is 4. The van der Waals surface area contributed by atoms with Crippen molar-refractivity contribution in [1.82, 2.24) is 9.88 Å². The minimum Gasteiger partial charge on any atom is -0.497 e. The van der Waals surface area contributed by atoms with Gasteiger partial charge in [-0.3, -0.25) is 9.88 Å². The maximum atomic E-state index is 5.90. The van der Waals surface area contributed by atoms with Gasteiger partial charge in [-0.05, 0) is 29.0 Å². The van der Waals surface area contributed by atoms with Crippen LogP contribution in [-0.2, 0) is 27.2 Å². The summed E-state index contributed by atoms with van der Waals surface area (Å²) in [5, 5.41) is 4.33. The first-order valence-corrected chi connectivity index (χ1v) is 10.5. The quantitative estimate of drug-likeness (QED) is 0.622. The fourth-order valence-corrected chi connectivity index (χ4v) is 4.86. The van der Waals surface area contributed by atoms with Crippen LogP contribution in [0.1, 0.15) is 16.7 Å². The molecule has 2 aromatic rings. The van der Waals surface area contributed by atoms with E-state index >= 15 is 0 Å². The summed E-state index contributed by atoms with van der Waals surface area (Å²) >= 11 is 0. The van der Waals surface area contributed by atoms with Crippen molar-refractivity contribution in [3.05, 3.63) is 61.5 Å². The molecule has 6 rings (SSSR count). The monoisotopic (exact) mass is 420 g/mol. The molecule has 0 N–H and O–H groups in total. The zero-order chi connectivity index (χ0) is 20.9. The van der Waals surface area contributed by atoms with Crippen molar-refractivity contribution in [2.75, 3.05) is 47.3 Å². The third-order valence-electron chi connectivity index (χ3n) is 6.46. The number of benzene rings is 1. The number of hydrogen-bond donors (Lipinski definition) is 0. The summed E-state index contributed by atoms with van der Waals surface area (Å²) < 4.78 is 28.3. The van der Waals surface area contributed by atoms with Gasteiger partial charge < -0.3 is 23.7 Å². The lowest BCUT2D eigenvalue weighted by molar-refractivity contribution is 0.0337. The molecule has 2 aliphatic carbocycles. The average molecular weight is 420 g/mol. The van der Waals surface area contributed by atoms with E-state index in [0.717, 1.165) is 77.2 Å². The van der Waals surface area contributed by atoms with Gasteiger partial charge in [0.25, 0.3) is 0 Å². The molecule has 0 saturated carbocycles. The Bertz CT molecular complexity index is 1330. The van der Waals surface area contributed by atoms with Gasteiger partial charge in [0.05, 0.1) is 32.8 Å². The predicted octanol–water partition coefficient (Wildman–Crippen LogP) is 0.913. The van der Waals surface area contributed by atoms with Gasteiger partial charge in [-0.25, -0.2) is 0 Å². The first-order chi connectivity index (χ1) is 15.3. The maximum Gasteiger partial charge on any atom is 0.231 e. The Morgan fingerprint density at radius 3 is 2.77 bits per heavy atom. The zero-order valence-corrected chi connectivity index (χ0v) is 17.7. The molecule has 0 bridgehead atoms. The molecule has 7 nitrogen and oxygen atoms in total. The highest BCUT2D eigenvalue weighted by molar-refractivity contribution is 5.66. The molecule has 4 aliphatic rings. The molecule has 1 fully saturated rings. The van der Waals surface area contributed by atoms with E-state index in [1.807, 2.05) is 12.3 Å². The Labute approximate surface area is 179 Å². The fourth-order valence-electron chi connectivity index (χ4n) is 4.86. The van der Waals surface area contributed by atoms with Crippen LogP contribution in [0.3, 0.4) is 0 Å². The lowest BCUT2D eigenvalue weighted by Gasteiger charge is -2.27. The summed E-state index contributed by atoms with van der Waals surface area (Å²) in [5.74, 6) is 3.24. The Kier molecular flexibility index (Phi) is 4.40. The summed E-state index contributed by atoms with van der Waals surface area (Å²) in [6.45, 7) is 4.41. The number of ether oxygens (including phenoxy) is 5. The molecular formula is C24H24N2O5. The minimum absolute atomic E-state index is 0.259. The molecule has 160 valence electrons. The van der Waals surface area contributed by atoms with Gasteiger partial charge in [-0.1, -0.05) is 0 Å². The van der Waals surface area contributed by atoms with Gasteiger partial charge in [0.15, 0.2) is 17.3 Å². The van der Waals surface area contributed by atoms with Gasteiger partial charge in [0.2, 0.25) is 6.79 Å². The van der Waals surface area contributed by atoms with E-state index in [1.165, 1.54) is 16.3 Å². The summed E-state index contributed by atoms with van der Waals surface area (Å²) in [6, 6.07) is 2.07. The van der Waals surface area contributed by atoms with Crippen molar-refractivity contribution in [2.45, 2.75) is 13.0 Å². The second kappa shape index (κ2) is 7.28. The van der Waals surface area contributed by atoms with E-state index in [2.05, 4.69) is 17.0 Å². The molecule has 1 saturated heterocycles. The number of aromatic nitrogens is 1. The van der Waals surface area contributed by atoms with Crippen molar-refractivity contribution in [2.24, 2.45) is 0 Å². The topological polar surface area (TPSA) is 62.3 Å². The third kappa shape index (κ3) is 2.91. The highest BCUT2D eigenvalue weighted by Crippen LogP contribution is 2.36. The molecule has 1 aromatic heterocycles. The molecule has 1 aromatic carbocycles. The second-order valence-corrected chi connectivity index (χ2v) is 8.05. The SMILES string of the molecule is COC1=C(OC)Cc2c3c(ncc2=C1)=c1cc2c(c(CN4CCOCC4)c1=C3)OCO2. The average Bonchev–Trinajstić information content (AvgIpc) is 3.43. The highest BCUT2D eigenvalue weighted by Gasteiger charge is 2.26. The molecule has 31 heavy (non-hydrogen) atoms. The zero-order valence-electron chi connectivity index (χ0n) is 17.7. The van der Waals surface area contributed by atoms with Gasteiger partial charge in [-0.2, -0.15) is 0 Å². The van der Waals surface area contributed by atoms with E-state index in [1.54, 1.807) is 14.2 Å². The Hall–Kier alpha value is -3.03. The maximum absolute atomic E-state index is 5.90. The van der Waals surface area contributed by atoms with Crippen LogP contribution in [0.15, 0.2) is 23.8 Å². The van der Waals surface area contributed by atoms with Crippen molar-refractivity contribution < 1.29 is 23.7 Å². The van der Waals surface area contributed by atoms with Crippen LogP contribution in [0.2, 0.25) is 0 Å².